The highest BCUT2D eigenvalue weighted by atomic mass is 35.5. The van der Waals surface area contributed by atoms with Crippen LogP contribution in [0.15, 0.2) is 30.9 Å². The molecule has 29 heavy (non-hydrogen) atoms. The van der Waals surface area contributed by atoms with Gasteiger partial charge in [-0.25, -0.2) is 0 Å². The van der Waals surface area contributed by atoms with Gasteiger partial charge in [0.15, 0.2) is 0 Å². The molecular formula is C21H25ClN4O3. The van der Waals surface area contributed by atoms with Crippen LogP contribution in [0.3, 0.4) is 0 Å². The molecule has 2 heterocycles. The molecule has 3 rings (SSSR count). The van der Waals surface area contributed by atoms with Crippen LogP contribution in [0.25, 0.3) is 5.69 Å². The average molecular weight is 417 g/mol. The molecule has 2 aromatic rings. The molecule has 7 nitrogen and oxygen atoms in total. The summed E-state index contributed by atoms with van der Waals surface area (Å²) < 4.78 is 7.04. The van der Waals surface area contributed by atoms with E-state index in [9.17, 15) is 9.59 Å². The van der Waals surface area contributed by atoms with Gasteiger partial charge in [0, 0.05) is 42.0 Å². The van der Waals surface area contributed by atoms with Gasteiger partial charge in [0.05, 0.1) is 17.8 Å². The molecule has 4 N–H and O–H groups in total. The molecule has 154 valence electrons. The second-order valence-corrected chi connectivity index (χ2v) is 7.51. The number of primary amides is 1. The van der Waals surface area contributed by atoms with Crippen molar-refractivity contribution < 1.29 is 14.3 Å². The number of nitrogen functional groups attached to an aromatic ring is 1. The van der Waals surface area contributed by atoms with E-state index in [-0.39, 0.29) is 17.5 Å². The van der Waals surface area contributed by atoms with Crippen LogP contribution in [-0.2, 0) is 4.79 Å². The summed E-state index contributed by atoms with van der Waals surface area (Å²) in [6.45, 7) is 6.66. The number of likely N-dealkylation sites (tertiary alicyclic amines) is 1. The van der Waals surface area contributed by atoms with E-state index >= 15 is 0 Å². The zero-order chi connectivity index (χ0) is 21.3. The highest BCUT2D eigenvalue weighted by Gasteiger charge is 2.31. The summed E-state index contributed by atoms with van der Waals surface area (Å²) in [4.78, 5) is 26.1. The highest BCUT2D eigenvalue weighted by molar-refractivity contribution is 6.32. The minimum absolute atomic E-state index is 0.00111. The Morgan fingerprint density at radius 2 is 2.10 bits per heavy atom. The molecule has 0 saturated carbocycles. The van der Waals surface area contributed by atoms with Gasteiger partial charge >= 0.3 is 0 Å². The smallest absolute Gasteiger partial charge is 0.267 e. The number of nitrogens with two attached hydrogens (primary N) is 2. The number of carbonyl (C=O) groups is 2. The number of anilines is 1. The average Bonchev–Trinajstić information content (AvgIpc) is 2.98. The number of amides is 2. The standard InChI is InChI=1S/C21H25ClN4O3/c1-4-17(27)25-9-5-6-13(11-25)18-12(2)26(20(19(18)23)21(24)28)14-7-8-15(22)16(10-14)29-3/h4,7-8,10,13H,1,5-6,9,11,23H2,2-3H3,(H2,24,28). The number of halogens is 1. The van der Waals surface area contributed by atoms with Gasteiger partial charge in [-0.15, -0.1) is 0 Å². The number of nitrogens with zero attached hydrogens (tertiary/aromatic N) is 2. The first-order chi connectivity index (χ1) is 13.8. The number of carbonyl (C=O) groups excluding carboxylic acids is 2. The predicted molar refractivity (Wildman–Crippen MR) is 114 cm³/mol. The van der Waals surface area contributed by atoms with E-state index in [1.807, 2.05) is 6.92 Å². The van der Waals surface area contributed by atoms with Crippen LogP contribution >= 0.6 is 11.6 Å². The molecule has 1 aliphatic heterocycles. The van der Waals surface area contributed by atoms with Crippen molar-refractivity contribution in [3.8, 4) is 11.4 Å². The molecular weight excluding hydrogens is 392 g/mol. The van der Waals surface area contributed by atoms with Crippen molar-refractivity contribution in [1.82, 2.24) is 9.47 Å². The Hall–Kier alpha value is -2.93. The molecule has 1 unspecified atom stereocenters. The van der Waals surface area contributed by atoms with Crippen molar-refractivity contribution in [3.63, 3.8) is 0 Å². The fourth-order valence-electron chi connectivity index (χ4n) is 4.14. The molecule has 1 aromatic heterocycles. The van der Waals surface area contributed by atoms with Gasteiger partial charge in [-0.2, -0.15) is 0 Å². The van der Waals surface area contributed by atoms with E-state index in [0.29, 0.717) is 35.2 Å². The van der Waals surface area contributed by atoms with Crippen LogP contribution in [-0.4, -0.2) is 41.5 Å². The molecule has 1 atom stereocenters. The van der Waals surface area contributed by atoms with Crippen molar-refractivity contribution in [3.05, 3.63) is 52.8 Å². The van der Waals surface area contributed by atoms with Gasteiger partial charge in [0.2, 0.25) is 5.91 Å². The monoisotopic (exact) mass is 416 g/mol. The summed E-state index contributed by atoms with van der Waals surface area (Å²) in [6, 6.07) is 5.21. The normalized spacial score (nSPS) is 16.5. The van der Waals surface area contributed by atoms with Gasteiger partial charge in [-0.3, -0.25) is 9.59 Å². The van der Waals surface area contributed by atoms with Crippen molar-refractivity contribution >= 4 is 29.1 Å². The third kappa shape index (κ3) is 3.70. The van der Waals surface area contributed by atoms with Gasteiger partial charge < -0.3 is 25.7 Å². The van der Waals surface area contributed by atoms with Crippen LogP contribution in [0.2, 0.25) is 5.02 Å². The first kappa shape index (κ1) is 20.8. The number of hydrogen-bond acceptors (Lipinski definition) is 4. The van der Waals surface area contributed by atoms with Crippen molar-refractivity contribution in [1.29, 1.82) is 0 Å². The maximum Gasteiger partial charge on any atom is 0.267 e. The van der Waals surface area contributed by atoms with E-state index in [1.165, 1.54) is 13.2 Å². The number of piperidine rings is 1. The Kier molecular flexibility index (Phi) is 5.88. The quantitative estimate of drug-likeness (QED) is 0.731. The Morgan fingerprint density at radius 1 is 1.38 bits per heavy atom. The van der Waals surface area contributed by atoms with Gasteiger partial charge in [-0.1, -0.05) is 18.2 Å². The van der Waals surface area contributed by atoms with Gasteiger partial charge in [0.1, 0.15) is 11.4 Å². The van der Waals surface area contributed by atoms with E-state index < -0.39 is 5.91 Å². The third-order valence-electron chi connectivity index (χ3n) is 5.44. The van der Waals surface area contributed by atoms with Crippen molar-refractivity contribution in [2.75, 3.05) is 25.9 Å². The lowest BCUT2D eigenvalue weighted by molar-refractivity contribution is -0.127. The number of methoxy groups -OCH3 is 1. The van der Waals surface area contributed by atoms with Crippen molar-refractivity contribution in [2.24, 2.45) is 5.73 Å². The fraction of sp³-hybridized carbons (Fsp3) is 0.333. The number of benzene rings is 1. The van der Waals surface area contributed by atoms with E-state index in [0.717, 1.165) is 24.1 Å². The summed E-state index contributed by atoms with van der Waals surface area (Å²) in [7, 11) is 1.52. The van der Waals surface area contributed by atoms with Crippen LogP contribution in [0.5, 0.6) is 5.75 Å². The minimum atomic E-state index is -0.624. The Labute approximate surface area is 174 Å². The first-order valence-electron chi connectivity index (χ1n) is 9.35. The molecule has 1 aromatic carbocycles. The number of hydrogen-bond donors (Lipinski definition) is 2. The maximum atomic E-state index is 12.3. The molecule has 0 aliphatic carbocycles. The molecule has 1 aliphatic rings. The van der Waals surface area contributed by atoms with Gasteiger partial charge in [-0.05, 0) is 38.0 Å². The molecule has 0 radical (unpaired) electrons. The lowest BCUT2D eigenvalue weighted by atomic mass is 9.89. The second-order valence-electron chi connectivity index (χ2n) is 7.11. The third-order valence-corrected chi connectivity index (χ3v) is 5.75. The van der Waals surface area contributed by atoms with Crippen LogP contribution in [0, 0.1) is 6.92 Å². The molecule has 1 fully saturated rings. The van der Waals surface area contributed by atoms with Crippen molar-refractivity contribution in [2.45, 2.75) is 25.7 Å². The van der Waals surface area contributed by atoms with Crippen LogP contribution < -0.4 is 16.2 Å². The van der Waals surface area contributed by atoms with Crippen LogP contribution in [0.4, 0.5) is 5.69 Å². The van der Waals surface area contributed by atoms with E-state index in [1.54, 1.807) is 27.7 Å². The molecule has 8 heteroatoms. The maximum absolute atomic E-state index is 12.3. The molecule has 2 amide bonds. The first-order valence-corrected chi connectivity index (χ1v) is 9.73. The zero-order valence-corrected chi connectivity index (χ0v) is 17.3. The lowest BCUT2D eigenvalue weighted by Gasteiger charge is -2.32. The summed E-state index contributed by atoms with van der Waals surface area (Å²) in [5.74, 6) is -0.252. The van der Waals surface area contributed by atoms with Crippen LogP contribution in [0.1, 0.15) is 40.5 Å². The summed E-state index contributed by atoms with van der Waals surface area (Å²) >= 11 is 6.15. The lowest BCUT2D eigenvalue weighted by Crippen LogP contribution is -2.38. The fourth-order valence-corrected chi connectivity index (χ4v) is 4.34. The predicted octanol–water partition coefficient (Wildman–Crippen LogP) is 3.02. The SMILES string of the molecule is C=CC(=O)N1CCCC(c2c(N)c(C(N)=O)n(-c3ccc(Cl)c(OC)c3)c2C)C1. The molecule has 0 bridgehead atoms. The summed E-state index contributed by atoms with van der Waals surface area (Å²) in [6.07, 6.45) is 3.02. The Bertz CT molecular complexity index is 983. The molecule has 1 saturated heterocycles. The second kappa shape index (κ2) is 8.21. The summed E-state index contributed by atoms with van der Waals surface area (Å²) in [5.41, 5.74) is 15.0. The summed E-state index contributed by atoms with van der Waals surface area (Å²) in [5, 5.41) is 0.459. The van der Waals surface area contributed by atoms with E-state index in [2.05, 4.69) is 6.58 Å². The highest BCUT2D eigenvalue weighted by Crippen LogP contribution is 2.39. The zero-order valence-electron chi connectivity index (χ0n) is 16.6. The minimum Gasteiger partial charge on any atom is -0.495 e. The van der Waals surface area contributed by atoms with E-state index in [4.69, 9.17) is 27.8 Å². The topological polar surface area (TPSA) is 104 Å². The number of rotatable bonds is 5. The number of aromatic nitrogens is 1. The molecule has 0 spiro atoms. The van der Waals surface area contributed by atoms with Gasteiger partial charge in [0.25, 0.3) is 5.91 Å². The largest absolute Gasteiger partial charge is 0.495 e. The Balaban J connectivity index is 2.14. The number of ether oxygens (including phenoxy) is 1. The Morgan fingerprint density at radius 3 is 2.72 bits per heavy atom.